The molecule has 0 saturated carbocycles. The lowest BCUT2D eigenvalue weighted by Gasteiger charge is -2.08. The molecule has 2 rings (SSSR count). The molecule has 0 bridgehead atoms. The molecule has 0 aliphatic heterocycles. The largest absolute Gasteiger partial charge is 0.388 e. The number of H-pyrrole nitrogens is 1. The molecule has 0 unspecified atom stereocenters. The maximum absolute atomic E-state index is 13.3. The predicted molar refractivity (Wildman–Crippen MR) is 73.9 cm³/mol. The molecular weight excluding hydrogens is 277 g/mol. The Bertz CT molecular complexity index is 629. The van der Waals surface area contributed by atoms with Crippen molar-refractivity contribution in [3.05, 3.63) is 41.2 Å². The minimum atomic E-state index is -0.439. The zero-order valence-corrected chi connectivity index (χ0v) is 11.5. The minimum Gasteiger partial charge on any atom is -0.388 e. The van der Waals surface area contributed by atoms with Crippen molar-refractivity contribution in [3.8, 4) is 0 Å². The molecule has 21 heavy (non-hydrogen) atoms. The second-order valence-electron chi connectivity index (χ2n) is 4.32. The van der Waals surface area contributed by atoms with E-state index in [9.17, 15) is 9.18 Å². The molecule has 0 aliphatic carbocycles. The molecule has 0 fully saturated rings. The number of hydrogen-bond donors (Lipinski definition) is 4. The summed E-state index contributed by atoms with van der Waals surface area (Å²) in [4.78, 5) is 15.7. The van der Waals surface area contributed by atoms with E-state index in [0.29, 0.717) is 23.5 Å². The predicted octanol–water partition coefficient (Wildman–Crippen LogP) is 1.32. The number of aliphatic hydroxyl groups is 1. The standard InChI is InChI=1S/C13H16FN5O2/c1-2-8-5-9(3-4-10(8)14)16-13(21)15-6-11-17-12(7-20)19-18-11/h3-5,20H,2,6-7H2,1H3,(H2,15,16,21)(H,17,18,19). The molecule has 7 nitrogen and oxygen atoms in total. The second kappa shape index (κ2) is 6.80. The number of aromatic nitrogens is 3. The average molecular weight is 293 g/mol. The molecule has 112 valence electrons. The van der Waals surface area contributed by atoms with E-state index in [1.807, 2.05) is 6.92 Å². The van der Waals surface area contributed by atoms with E-state index in [-0.39, 0.29) is 24.8 Å². The summed E-state index contributed by atoms with van der Waals surface area (Å²) in [7, 11) is 0. The Balaban J connectivity index is 1.89. The number of hydrogen-bond acceptors (Lipinski definition) is 4. The lowest BCUT2D eigenvalue weighted by Crippen LogP contribution is -2.28. The number of aryl methyl sites for hydroxylation is 1. The fourth-order valence-electron chi connectivity index (χ4n) is 1.75. The topological polar surface area (TPSA) is 103 Å². The molecule has 0 aliphatic rings. The van der Waals surface area contributed by atoms with Gasteiger partial charge in [-0.1, -0.05) is 6.92 Å². The summed E-state index contributed by atoms with van der Waals surface area (Å²) in [6.07, 6.45) is 0.547. The van der Waals surface area contributed by atoms with Crippen LogP contribution in [0, 0.1) is 5.82 Å². The lowest BCUT2D eigenvalue weighted by molar-refractivity contribution is 0.251. The van der Waals surface area contributed by atoms with Crippen LogP contribution in [-0.2, 0) is 19.6 Å². The van der Waals surface area contributed by atoms with E-state index < -0.39 is 6.03 Å². The van der Waals surface area contributed by atoms with Crippen LogP contribution in [0.2, 0.25) is 0 Å². The third-order valence-corrected chi connectivity index (χ3v) is 2.82. The smallest absolute Gasteiger partial charge is 0.319 e. The van der Waals surface area contributed by atoms with Crippen molar-refractivity contribution in [2.75, 3.05) is 5.32 Å². The van der Waals surface area contributed by atoms with Crippen LogP contribution in [0.15, 0.2) is 18.2 Å². The SMILES string of the molecule is CCc1cc(NC(=O)NCc2nc(CO)n[nH]2)ccc1F. The Kier molecular flexibility index (Phi) is 4.83. The molecule has 2 aromatic rings. The van der Waals surface area contributed by atoms with Crippen molar-refractivity contribution < 1.29 is 14.3 Å². The summed E-state index contributed by atoms with van der Waals surface area (Å²) in [6.45, 7) is 1.71. The zero-order valence-electron chi connectivity index (χ0n) is 11.5. The number of rotatable bonds is 5. The number of nitrogens with one attached hydrogen (secondary N) is 3. The molecule has 0 radical (unpaired) electrons. The lowest BCUT2D eigenvalue weighted by atomic mass is 10.1. The summed E-state index contributed by atoms with van der Waals surface area (Å²) < 4.78 is 13.3. The van der Waals surface area contributed by atoms with Gasteiger partial charge in [0.15, 0.2) is 5.82 Å². The number of anilines is 1. The monoisotopic (exact) mass is 293 g/mol. The van der Waals surface area contributed by atoms with Crippen LogP contribution in [-0.4, -0.2) is 26.3 Å². The van der Waals surface area contributed by atoms with Gasteiger partial charge in [-0.2, -0.15) is 5.10 Å². The highest BCUT2D eigenvalue weighted by molar-refractivity contribution is 5.89. The molecule has 0 atom stereocenters. The molecule has 2 amide bonds. The number of urea groups is 1. The number of nitrogens with zero attached hydrogens (tertiary/aromatic N) is 2. The first-order valence-electron chi connectivity index (χ1n) is 6.46. The van der Waals surface area contributed by atoms with Crippen molar-refractivity contribution in [2.24, 2.45) is 0 Å². The average Bonchev–Trinajstić information content (AvgIpc) is 2.95. The normalized spacial score (nSPS) is 10.4. The highest BCUT2D eigenvalue weighted by Crippen LogP contribution is 2.15. The van der Waals surface area contributed by atoms with E-state index in [2.05, 4.69) is 25.8 Å². The molecule has 0 saturated heterocycles. The number of carbonyl (C=O) groups excluding carboxylic acids is 1. The van der Waals surface area contributed by atoms with Gasteiger partial charge in [-0.25, -0.2) is 14.2 Å². The van der Waals surface area contributed by atoms with Gasteiger partial charge in [0.05, 0.1) is 6.54 Å². The van der Waals surface area contributed by atoms with Gasteiger partial charge >= 0.3 is 6.03 Å². The molecule has 1 aromatic carbocycles. The summed E-state index contributed by atoms with van der Waals surface area (Å²) in [6, 6.07) is 3.96. The quantitative estimate of drug-likeness (QED) is 0.667. The molecule has 0 spiro atoms. The first-order chi connectivity index (χ1) is 10.1. The van der Waals surface area contributed by atoms with E-state index in [1.165, 1.54) is 12.1 Å². The third-order valence-electron chi connectivity index (χ3n) is 2.82. The Morgan fingerprint density at radius 3 is 2.95 bits per heavy atom. The Labute approximate surface area is 120 Å². The highest BCUT2D eigenvalue weighted by atomic mass is 19.1. The molecule has 4 N–H and O–H groups in total. The van der Waals surface area contributed by atoms with Crippen molar-refractivity contribution in [1.29, 1.82) is 0 Å². The van der Waals surface area contributed by atoms with Gasteiger partial charge in [0.1, 0.15) is 18.2 Å². The Morgan fingerprint density at radius 2 is 2.29 bits per heavy atom. The first-order valence-corrected chi connectivity index (χ1v) is 6.46. The second-order valence-corrected chi connectivity index (χ2v) is 4.32. The van der Waals surface area contributed by atoms with Gasteiger partial charge in [-0.05, 0) is 30.2 Å². The summed E-state index contributed by atoms with van der Waals surface area (Å²) >= 11 is 0. The molecule has 1 aromatic heterocycles. The molecule has 1 heterocycles. The summed E-state index contributed by atoms with van der Waals surface area (Å²) in [5.74, 6) is 0.405. The first kappa shape index (κ1) is 14.9. The number of aromatic amines is 1. The van der Waals surface area contributed by atoms with Gasteiger partial charge in [-0.15, -0.1) is 0 Å². The van der Waals surface area contributed by atoms with Gasteiger partial charge in [0.25, 0.3) is 0 Å². The summed E-state index contributed by atoms with van der Waals surface area (Å²) in [5.41, 5.74) is 1.05. The van der Waals surface area contributed by atoms with Crippen LogP contribution in [0.1, 0.15) is 24.1 Å². The van der Waals surface area contributed by atoms with E-state index in [1.54, 1.807) is 6.07 Å². The van der Waals surface area contributed by atoms with Crippen molar-refractivity contribution in [3.63, 3.8) is 0 Å². The summed E-state index contributed by atoms with van der Waals surface area (Å²) in [5, 5.41) is 20.3. The molecule has 8 heteroatoms. The Hall–Kier alpha value is -2.48. The van der Waals surface area contributed by atoms with E-state index >= 15 is 0 Å². The van der Waals surface area contributed by atoms with Crippen LogP contribution < -0.4 is 10.6 Å². The highest BCUT2D eigenvalue weighted by Gasteiger charge is 2.07. The van der Waals surface area contributed by atoms with Gasteiger partial charge < -0.3 is 15.7 Å². The van der Waals surface area contributed by atoms with E-state index in [0.717, 1.165) is 0 Å². The van der Waals surface area contributed by atoms with Gasteiger partial charge in [-0.3, -0.25) is 5.10 Å². The maximum Gasteiger partial charge on any atom is 0.319 e. The zero-order chi connectivity index (χ0) is 15.2. The fourth-order valence-corrected chi connectivity index (χ4v) is 1.75. The number of aliphatic hydroxyl groups excluding tert-OH is 1. The number of amides is 2. The number of benzene rings is 1. The molecular formula is C13H16FN5O2. The van der Waals surface area contributed by atoms with Crippen LogP contribution in [0.25, 0.3) is 0 Å². The van der Waals surface area contributed by atoms with Crippen LogP contribution >= 0.6 is 0 Å². The fraction of sp³-hybridized carbons (Fsp3) is 0.308. The third kappa shape index (κ3) is 3.99. The van der Waals surface area contributed by atoms with Crippen LogP contribution in [0.4, 0.5) is 14.9 Å². The minimum absolute atomic E-state index is 0.140. The van der Waals surface area contributed by atoms with Crippen LogP contribution in [0.5, 0.6) is 0 Å². The van der Waals surface area contributed by atoms with Crippen molar-refractivity contribution >= 4 is 11.7 Å². The number of carbonyl (C=O) groups is 1. The van der Waals surface area contributed by atoms with E-state index in [4.69, 9.17) is 5.11 Å². The van der Waals surface area contributed by atoms with Crippen molar-refractivity contribution in [1.82, 2.24) is 20.5 Å². The van der Waals surface area contributed by atoms with Crippen LogP contribution in [0.3, 0.4) is 0 Å². The van der Waals surface area contributed by atoms with Crippen molar-refractivity contribution in [2.45, 2.75) is 26.5 Å². The Morgan fingerprint density at radius 1 is 1.48 bits per heavy atom. The number of halogens is 1. The van der Waals surface area contributed by atoms with Gasteiger partial charge in [0.2, 0.25) is 0 Å². The van der Waals surface area contributed by atoms with Gasteiger partial charge in [0, 0.05) is 5.69 Å². The maximum atomic E-state index is 13.3.